The molecule has 2 heterocycles. The highest BCUT2D eigenvalue weighted by molar-refractivity contribution is 5.48. The quantitative estimate of drug-likeness (QED) is 0.603. The van der Waals surface area contributed by atoms with Gasteiger partial charge in [-0.05, 0) is 13.3 Å². The smallest absolute Gasteiger partial charge is 0.243 e. The topological polar surface area (TPSA) is 87.7 Å². The van der Waals surface area contributed by atoms with Crippen LogP contribution in [0.2, 0.25) is 0 Å². The summed E-state index contributed by atoms with van der Waals surface area (Å²) < 4.78 is 5.47. The number of aryl methyl sites for hydroxylation is 1. The van der Waals surface area contributed by atoms with Crippen LogP contribution >= 0.6 is 0 Å². The van der Waals surface area contributed by atoms with Gasteiger partial charge < -0.3 is 10.5 Å². The van der Waals surface area contributed by atoms with Crippen molar-refractivity contribution < 1.29 is 4.74 Å². The average Bonchev–Trinajstić information content (AvgIpc) is 2.93. The first kappa shape index (κ1) is 18.4. The lowest BCUT2D eigenvalue weighted by Crippen LogP contribution is -2.20. The third-order valence-corrected chi connectivity index (χ3v) is 4.85. The number of H-pyrrole nitrogens is 1. The minimum absolute atomic E-state index is 0.0158. The highest BCUT2D eigenvalue weighted by Crippen LogP contribution is 2.41. The minimum Gasteiger partial charge on any atom is -0.420 e. The summed E-state index contributed by atoms with van der Waals surface area (Å²) in [5.74, 6) is 0.754. The Morgan fingerprint density at radius 2 is 1.75 bits per heavy atom. The Labute approximate surface area is 145 Å². The molecule has 0 saturated heterocycles. The molecule has 24 heavy (non-hydrogen) atoms. The van der Waals surface area contributed by atoms with E-state index in [4.69, 9.17) is 10.5 Å². The largest absolute Gasteiger partial charge is 0.420 e. The molecule has 1 aromatic rings. The summed E-state index contributed by atoms with van der Waals surface area (Å²) in [5.41, 5.74) is 8.41. The molecule has 132 valence electrons. The van der Waals surface area contributed by atoms with Crippen molar-refractivity contribution in [3.8, 4) is 11.9 Å². The van der Waals surface area contributed by atoms with Gasteiger partial charge in [0.15, 0.2) is 0 Å². The number of allylic oxidation sites excluding steroid dienone is 1. The average molecular weight is 330 g/mol. The van der Waals surface area contributed by atoms with E-state index in [0.717, 1.165) is 24.1 Å². The van der Waals surface area contributed by atoms with Crippen LogP contribution in [-0.2, 0) is 0 Å². The molecule has 0 radical (unpaired) electrons. The van der Waals surface area contributed by atoms with Gasteiger partial charge >= 0.3 is 0 Å². The first-order chi connectivity index (χ1) is 11.7. The first-order valence-corrected chi connectivity index (χ1v) is 9.31. The number of hydrogen-bond acceptors (Lipinski definition) is 4. The van der Waals surface area contributed by atoms with Crippen LogP contribution in [0, 0.1) is 18.3 Å². The SMILES string of the molecule is CCCCCCCCCCC[C@@H]1C(C#N)=C(N)Oc2n[nH]c(C)c21. The van der Waals surface area contributed by atoms with E-state index in [-0.39, 0.29) is 11.8 Å². The molecule has 1 atom stereocenters. The minimum atomic E-state index is 0.0158. The summed E-state index contributed by atoms with van der Waals surface area (Å²) >= 11 is 0. The molecular formula is C19H30N4O. The number of ether oxygens (including phenoxy) is 1. The summed E-state index contributed by atoms with van der Waals surface area (Å²) in [5, 5.41) is 16.5. The van der Waals surface area contributed by atoms with Crippen LogP contribution in [0.25, 0.3) is 0 Å². The Kier molecular flexibility index (Phi) is 7.17. The number of nitrogens with zero attached hydrogens (tertiary/aromatic N) is 2. The van der Waals surface area contributed by atoms with E-state index in [1.165, 1.54) is 51.4 Å². The van der Waals surface area contributed by atoms with Gasteiger partial charge in [-0.2, -0.15) is 5.26 Å². The van der Waals surface area contributed by atoms with E-state index in [0.29, 0.717) is 11.5 Å². The van der Waals surface area contributed by atoms with Gasteiger partial charge in [-0.3, -0.25) is 5.10 Å². The van der Waals surface area contributed by atoms with Crippen molar-refractivity contribution in [3.63, 3.8) is 0 Å². The summed E-state index contributed by atoms with van der Waals surface area (Å²) in [6, 6.07) is 2.23. The summed E-state index contributed by atoms with van der Waals surface area (Å²) in [4.78, 5) is 0. The van der Waals surface area contributed by atoms with Crippen molar-refractivity contribution in [3.05, 3.63) is 22.7 Å². The van der Waals surface area contributed by atoms with Crippen LogP contribution in [0.15, 0.2) is 11.5 Å². The van der Waals surface area contributed by atoms with Gasteiger partial charge in [0.25, 0.3) is 0 Å². The molecule has 3 N–H and O–H groups in total. The lowest BCUT2D eigenvalue weighted by Gasteiger charge is -2.23. The van der Waals surface area contributed by atoms with Gasteiger partial charge in [0.05, 0.1) is 5.57 Å². The van der Waals surface area contributed by atoms with Crippen molar-refractivity contribution >= 4 is 0 Å². The number of nitrogens with two attached hydrogens (primary N) is 1. The van der Waals surface area contributed by atoms with Crippen molar-refractivity contribution in [1.29, 1.82) is 5.26 Å². The Morgan fingerprint density at radius 3 is 2.38 bits per heavy atom. The van der Waals surface area contributed by atoms with Crippen molar-refractivity contribution in [2.24, 2.45) is 5.73 Å². The van der Waals surface area contributed by atoms with Crippen molar-refractivity contribution in [2.75, 3.05) is 0 Å². The third kappa shape index (κ3) is 4.53. The van der Waals surface area contributed by atoms with E-state index in [2.05, 4.69) is 23.2 Å². The molecule has 0 aliphatic carbocycles. The fraction of sp³-hybridized carbons (Fsp3) is 0.684. The molecule has 1 aliphatic heterocycles. The zero-order chi connectivity index (χ0) is 17.4. The molecule has 0 spiro atoms. The van der Waals surface area contributed by atoms with Crippen LogP contribution in [0.1, 0.15) is 88.3 Å². The molecule has 5 nitrogen and oxygen atoms in total. The molecule has 5 heteroatoms. The van der Waals surface area contributed by atoms with E-state index >= 15 is 0 Å². The molecular weight excluding hydrogens is 300 g/mol. The number of hydrogen-bond donors (Lipinski definition) is 2. The van der Waals surface area contributed by atoms with E-state index in [1.54, 1.807) is 0 Å². The van der Waals surface area contributed by atoms with Gasteiger partial charge in [-0.15, -0.1) is 5.10 Å². The Bertz CT molecular complexity index is 597. The predicted octanol–water partition coefficient (Wildman–Crippen LogP) is 4.81. The molecule has 0 bridgehead atoms. The maximum Gasteiger partial charge on any atom is 0.243 e. The first-order valence-electron chi connectivity index (χ1n) is 9.31. The highest BCUT2D eigenvalue weighted by Gasteiger charge is 2.32. The normalized spacial score (nSPS) is 16.6. The molecule has 0 aromatic carbocycles. The van der Waals surface area contributed by atoms with Crippen LogP contribution in [0.4, 0.5) is 0 Å². The standard InChI is InChI=1S/C19H30N4O/c1-3-4-5-6-7-8-9-10-11-12-15-16(13-20)18(21)24-19-17(15)14(2)22-23-19/h15H,3-12,21H2,1-2H3,(H,22,23)/t15-/m1/s1. The lowest BCUT2D eigenvalue weighted by atomic mass is 9.86. The van der Waals surface area contributed by atoms with E-state index < -0.39 is 0 Å². The lowest BCUT2D eigenvalue weighted by molar-refractivity contribution is 0.369. The highest BCUT2D eigenvalue weighted by atomic mass is 16.5. The molecule has 1 aromatic heterocycles. The Balaban J connectivity index is 1.79. The number of aromatic amines is 1. The van der Waals surface area contributed by atoms with Gasteiger partial charge in [0.2, 0.25) is 11.8 Å². The molecule has 0 unspecified atom stereocenters. The van der Waals surface area contributed by atoms with Gasteiger partial charge in [-0.1, -0.05) is 64.7 Å². The monoisotopic (exact) mass is 330 g/mol. The summed E-state index contributed by atoms with van der Waals surface area (Å²) in [7, 11) is 0. The fourth-order valence-corrected chi connectivity index (χ4v) is 3.46. The molecule has 1 aliphatic rings. The number of fused-ring (bicyclic) bond motifs is 1. The molecule has 0 amide bonds. The Hall–Kier alpha value is -1.96. The molecule has 0 saturated carbocycles. The molecule has 0 fully saturated rings. The summed E-state index contributed by atoms with van der Waals surface area (Å²) in [6.07, 6.45) is 12.6. The number of nitrogens with one attached hydrogen (secondary N) is 1. The maximum absolute atomic E-state index is 9.43. The van der Waals surface area contributed by atoms with Crippen LogP contribution < -0.4 is 10.5 Å². The number of nitriles is 1. The third-order valence-electron chi connectivity index (χ3n) is 4.85. The van der Waals surface area contributed by atoms with E-state index in [1.807, 2.05) is 6.92 Å². The van der Waals surface area contributed by atoms with Gasteiger partial charge in [0, 0.05) is 17.2 Å². The summed E-state index contributed by atoms with van der Waals surface area (Å²) in [6.45, 7) is 4.22. The van der Waals surface area contributed by atoms with Crippen LogP contribution in [0.5, 0.6) is 5.88 Å². The second-order valence-corrected chi connectivity index (χ2v) is 6.73. The van der Waals surface area contributed by atoms with Crippen molar-refractivity contribution in [1.82, 2.24) is 10.2 Å². The zero-order valence-electron chi connectivity index (χ0n) is 15.0. The van der Waals surface area contributed by atoms with Gasteiger partial charge in [0.1, 0.15) is 6.07 Å². The number of unbranched alkanes of at least 4 members (excludes halogenated alkanes) is 8. The zero-order valence-corrected chi connectivity index (χ0v) is 15.0. The van der Waals surface area contributed by atoms with Crippen LogP contribution in [0.3, 0.4) is 0 Å². The van der Waals surface area contributed by atoms with Crippen molar-refractivity contribution in [2.45, 2.75) is 84.0 Å². The van der Waals surface area contributed by atoms with E-state index in [9.17, 15) is 5.26 Å². The number of rotatable bonds is 10. The second-order valence-electron chi connectivity index (χ2n) is 6.73. The Morgan fingerprint density at radius 1 is 1.12 bits per heavy atom. The van der Waals surface area contributed by atoms with Crippen LogP contribution in [-0.4, -0.2) is 10.2 Å². The van der Waals surface area contributed by atoms with Gasteiger partial charge in [-0.25, -0.2) is 0 Å². The number of aromatic nitrogens is 2. The second kappa shape index (κ2) is 9.36. The maximum atomic E-state index is 9.43. The predicted molar refractivity (Wildman–Crippen MR) is 95.4 cm³/mol. The molecule has 2 rings (SSSR count). The fourth-order valence-electron chi connectivity index (χ4n) is 3.46.